The number of methoxy groups -OCH3 is 1. The number of benzene rings is 1. The topological polar surface area (TPSA) is 38.7 Å². The van der Waals surface area contributed by atoms with Crippen molar-refractivity contribution in [3.8, 4) is 5.75 Å². The van der Waals surface area contributed by atoms with Gasteiger partial charge in [-0.25, -0.2) is 9.18 Å². The molecule has 1 saturated carbocycles. The van der Waals surface area contributed by atoms with E-state index >= 15 is 0 Å². The zero-order valence-electron chi connectivity index (χ0n) is 9.92. The zero-order valence-corrected chi connectivity index (χ0v) is 9.92. The molecule has 0 unspecified atom stereocenters. The molecule has 90 valence electrons. The highest BCUT2D eigenvalue weighted by Gasteiger charge is 2.41. The number of carbonyl (C=O) groups excluding carboxylic acids is 1. The smallest absolute Gasteiger partial charge is 0.235 e. The zero-order chi connectivity index (χ0) is 12.5. The fraction of sp³-hybridized carbons (Fsp3) is 0.462. The first kappa shape index (κ1) is 11.8. The summed E-state index contributed by atoms with van der Waals surface area (Å²) in [5.41, 5.74) is 0.551. The van der Waals surface area contributed by atoms with E-state index in [4.69, 9.17) is 4.74 Å². The molecule has 1 aromatic carbocycles. The molecule has 0 atom stereocenters. The number of rotatable bonds is 3. The lowest BCUT2D eigenvalue weighted by atomic mass is 9.72. The maximum atomic E-state index is 13.6. The van der Waals surface area contributed by atoms with Crippen LogP contribution in [0, 0.1) is 12.7 Å². The van der Waals surface area contributed by atoms with Gasteiger partial charge < -0.3 is 4.74 Å². The van der Waals surface area contributed by atoms with E-state index in [1.165, 1.54) is 13.2 Å². The minimum atomic E-state index is -0.623. The number of nitrogens with zero attached hydrogens (tertiary/aromatic N) is 1. The summed E-state index contributed by atoms with van der Waals surface area (Å²) in [6.07, 6.45) is 4.04. The van der Waals surface area contributed by atoms with Crippen LogP contribution in [0.4, 0.5) is 4.39 Å². The highest BCUT2D eigenvalue weighted by atomic mass is 19.1. The lowest BCUT2D eigenvalue weighted by molar-refractivity contribution is 0.245. The summed E-state index contributed by atoms with van der Waals surface area (Å²) in [5.74, 6) is 0.288. The van der Waals surface area contributed by atoms with Crippen LogP contribution >= 0.6 is 0 Å². The van der Waals surface area contributed by atoms with Crippen LogP contribution in [0.2, 0.25) is 0 Å². The van der Waals surface area contributed by atoms with Gasteiger partial charge in [0.25, 0.3) is 0 Å². The van der Waals surface area contributed by atoms with Gasteiger partial charge in [0.05, 0.1) is 7.11 Å². The predicted octanol–water partition coefficient (Wildman–Crippen LogP) is 2.86. The number of aryl methyl sites for hydroxylation is 1. The number of halogens is 1. The standard InChI is InChI=1S/C13H14FNO2/c1-9-6-12(17-2)10(7-11(9)14)13(15-8-16)4-3-5-13/h6-7H,3-5H2,1-2H3. The number of hydrogen-bond acceptors (Lipinski definition) is 3. The van der Waals surface area contributed by atoms with Gasteiger partial charge in [-0.2, -0.15) is 4.99 Å². The first-order valence-electron chi connectivity index (χ1n) is 5.56. The summed E-state index contributed by atoms with van der Waals surface area (Å²) in [5, 5.41) is 0. The molecule has 1 aliphatic rings. The average molecular weight is 235 g/mol. The van der Waals surface area contributed by atoms with Crippen LogP contribution in [0.25, 0.3) is 0 Å². The Morgan fingerprint density at radius 2 is 2.18 bits per heavy atom. The Balaban J connectivity index is 2.57. The second-order valence-electron chi connectivity index (χ2n) is 4.39. The van der Waals surface area contributed by atoms with E-state index < -0.39 is 5.54 Å². The summed E-state index contributed by atoms with van der Waals surface area (Å²) in [6, 6.07) is 3.07. The molecule has 3 nitrogen and oxygen atoms in total. The highest BCUT2D eigenvalue weighted by molar-refractivity contribution is 5.47. The lowest BCUT2D eigenvalue weighted by Gasteiger charge is -2.38. The van der Waals surface area contributed by atoms with Crippen molar-refractivity contribution in [3.63, 3.8) is 0 Å². The van der Waals surface area contributed by atoms with Gasteiger partial charge in [0.15, 0.2) is 0 Å². The second kappa shape index (κ2) is 4.30. The SMILES string of the molecule is COc1cc(C)c(F)cc1C1(N=C=O)CCC1. The van der Waals surface area contributed by atoms with Crippen molar-refractivity contribution in [1.82, 2.24) is 0 Å². The molecule has 17 heavy (non-hydrogen) atoms. The van der Waals surface area contributed by atoms with Crippen molar-refractivity contribution in [3.05, 3.63) is 29.1 Å². The molecule has 0 N–H and O–H groups in total. The van der Waals surface area contributed by atoms with Crippen LogP contribution in [0.15, 0.2) is 17.1 Å². The van der Waals surface area contributed by atoms with Crippen LogP contribution in [0.3, 0.4) is 0 Å². The molecular formula is C13H14FNO2. The summed E-state index contributed by atoms with van der Waals surface area (Å²) < 4.78 is 18.9. The number of hydrogen-bond donors (Lipinski definition) is 0. The van der Waals surface area contributed by atoms with Gasteiger partial charge in [0, 0.05) is 5.56 Å². The van der Waals surface area contributed by atoms with Crippen LogP contribution in [-0.2, 0) is 10.3 Å². The highest BCUT2D eigenvalue weighted by Crippen LogP contribution is 2.48. The monoisotopic (exact) mass is 235 g/mol. The molecule has 4 heteroatoms. The third-order valence-electron chi connectivity index (χ3n) is 3.42. The minimum Gasteiger partial charge on any atom is -0.496 e. The third kappa shape index (κ3) is 1.85. The first-order chi connectivity index (χ1) is 8.13. The summed E-state index contributed by atoms with van der Waals surface area (Å²) >= 11 is 0. The molecule has 2 rings (SSSR count). The van der Waals surface area contributed by atoms with Crippen molar-refractivity contribution < 1.29 is 13.9 Å². The van der Waals surface area contributed by atoms with Gasteiger partial charge >= 0.3 is 0 Å². The van der Waals surface area contributed by atoms with Gasteiger partial charge in [-0.3, -0.25) is 0 Å². The van der Waals surface area contributed by atoms with Crippen molar-refractivity contribution in [2.75, 3.05) is 7.11 Å². The number of isocyanates is 1. The van der Waals surface area contributed by atoms with Crippen molar-refractivity contribution in [2.45, 2.75) is 31.7 Å². The Kier molecular flexibility index (Phi) is 2.99. The molecule has 1 aromatic rings. The fourth-order valence-corrected chi connectivity index (χ4v) is 2.23. The lowest BCUT2D eigenvalue weighted by Crippen LogP contribution is -2.32. The summed E-state index contributed by atoms with van der Waals surface area (Å²) in [4.78, 5) is 14.4. The molecule has 1 fully saturated rings. The van der Waals surface area contributed by atoms with Crippen molar-refractivity contribution in [2.24, 2.45) is 4.99 Å². The summed E-state index contributed by atoms with van der Waals surface area (Å²) in [7, 11) is 1.53. The third-order valence-corrected chi connectivity index (χ3v) is 3.42. The average Bonchev–Trinajstić information content (AvgIpc) is 2.27. The molecule has 0 bridgehead atoms. The Morgan fingerprint density at radius 1 is 1.47 bits per heavy atom. The molecular weight excluding hydrogens is 221 g/mol. The van der Waals surface area contributed by atoms with Crippen LogP contribution in [0.1, 0.15) is 30.4 Å². The van der Waals surface area contributed by atoms with Crippen LogP contribution in [-0.4, -0.2) is 13.2 Å². The van der Waals surface area contributed by atoms with Gasteiger partial charge in [-0.05, 0) is 43.9 Å². The van der Waals surface area contributed by atoms with E-state index in [2.05, 4.69) is 4.99 Å². The molecule has 0 spiro atoms. The van der Waals surface area contributed by atoms with E-state index in [0.29, 0.717) is 16.9 Å². The molecule has 0 heterocycles. The predicted molar refractivity (Wildman–Crippen MR) is 61.3 cm³/mol. The van der Waals surface area contributed by atoms with E-state index in [-0.39, 0.29) is 5.82 Å². The quantitative estimate of drug-likeness (QED) is 0.597. The molecule has 0 aromatic heterocycles. The normalized spacial score (nSPS) is 16.9. The molecule has 0 aliphatic heterocycles. The van der Waals surface area contributed by atoms with Crippen LogP contribution < -0.4 is 4.74 Å². The van der Waals surface area contributed by atoms with Crippen molar-refractivity contribution in [1.29, 1.82) is 0 Å². The van der Waals surface area contributed by atoms with E-state index in [1.54, 1.807) is 19.1 Å². The van der Waals surface area contributed by atoms with Gasteiger partial charge in [-0.1, -0.05) is 0 Å². The Morgan fingerprint density at radius 3 is 2.65 bits per heavy atom. The molecule has 0 amide bonds. The minimum absolute atomic E-state index is 0.298. The van der Waals surface area contributed by atoms with Crippen LogP contribution in [0.5, 0.6) is 5.75 Å². The molecule has 1 aliphatic carbocycles. The summed E-state index contributed by atoms with van der Waals surface area (Å²) in [6.45, 7) is 1.68. The van der Waals surface area contributed by atoms with E-state index in [0.717, 1.165) is 19.3 Å². The van der Waals surface area contributed by atoms with Gasteiger partial charge in [0.2, 0.25) is 6.08 Å². The Hall–Kier alpha value is -1.67. The molecule has 0 saturated heterocycles. The first-order valence-corrected chi connectivity index (χ1v) is 5.56. The van der Waals surface area contributed by atoms with Gasteiger partial charge in [-0.15, -0.1) is 0 Å². The largest absolute Gasteiger partial charge is 0.496 e. The number of aliphatic imine (C=N–C) groups is 1. The van der Waals surface area contributed by atoms with Gasteiger partial charge in [0.1, 0.15) is 17.1 Å². The maximum absolute atomic E-state index is 13.6. The Labute approximate surface area is 99.3 Å². The van der Waals surface area contributed by atoms with E-state index in [1.807, 2.05) is 0 Å². The van der Waals surface area contributed by atoms with E-state index in [9.17, 15) is 9.18 Å². The maximum Gasteiger partial charge on any atom is 0.235 e. The number of ether oxygens (including phenoxy) is 1. The Bertz CT molecular complexity index is 488. The second-order valence-corrected chi connectivity index (χ2v) is 4.39. The van der Waals surface area contributed by atoms with Crippen molar-refractivity contribution >= 4 is 6.08 Å². The fourth-order valence-electron chi connectivity index (χ4n) is 2.23. The molecule has 0 radical (unpaired) electrons.